The molecule has 2 aliphatic rings. The highest BCUT2D eigenvalue weighted by Crippen LogP contribution is 2.27. The van der Waals surface area contributed by atoms with E-state index in [1.807, 2.05) is 47.4 Å². The van der Waals surface area contributed by atoms with Crippen LogP contribution in [0.1, 0.15) is 36.0 Å². The van der Waals surface area contributed by atoms with Gasteiger partial charge in [0.15, 0.2) is 0 Å². The molecule has 0 aliphatic carbocycles. The Bertz CT molecular complexity index is 912. The fourth-order valence-corrected chi connectivity index (χ4v) is 4.43. The topological polar surface area (TPSA) is 77.9 Å². The highest BCUT2D eigenvalue weighted by Gasteiger charge is 2.38. The molecule has 2 amide bonds. The van der Waals surface area contributed by atoms with Crippen molar-refractivity contribution >= 4 is 28.6 Å². The molecule has 2 saturated heterocycles. The molecule has 0 spiro atoms. The Labute approximate surface area is 163 Å². The average Bonchev–Trinajstić information content (AvgIpc) is 3.23. The van der Waals surface area contributed by atoms with Crippen LogP contribution in [-0.2, 0) is 9.59 Å². The van der Waals surface area contributed by atoms with Crippen LogP contribution in [0.3, 0.4) is 0 Å². The zero-order valence-electron chi connectivity index (χ0n) is 15.7. The highest BCUT2D eigenvalue weighted by molar-refractivity contribution is 6.07. The molecule has 146 valence electrons. The van der Waals surface area contributed by atoms with Gasteiger partial charge in [-0.15, -0.1) is 0 Å². The van der Waals surface area contributed by atoms with Gasteiger partial charge in [0.25, 0.3) is 5.91 Å². The molecular formula is C22H24N2O4. The van der Waals surface area contributed by atoms with Gasteiger partial charge >= 0.3 is 5.97 Å². The maximum Gasteiger partial charge on any atom is 0.326 e. The van der Waals surface area contributed by atoms with E-state index >= 15 is 0 Å². The van der Waals surface area contributed by atoms with E-state index in [1.165, 1.54) is 4.90 Å². The maximum atomic E-state index is 13.0. The lowest BCUT2D eigenvalue weighted by Gasteiger charge is -2.34. The first-order valence-corrected chi connectivity index (χ1v) is 9.86. The van der Waals surface area contributed by atoms with Crippen LogP contribution in [0, 0.1) is 5.92 Å². The first kappa shape index (κ1) is 18.5. The van der Waals surface area contributed by atoms with Crippen LogP contribution in [0.4, 0.5) is 0 Å². The lowest BCUT2D eigenvalue weighted by molar-refractivity contribution is -0.150. The molecule has 0 bridgehead atoms. The van der Waals surface area contributed by atoms with Crippen molar-refractivity contribution in [2.45, 2.75) is 31.7 Å². The lowest BCUT2D eigenvalue weighted by atomic mass is 9.94. The van der Waals surface area contributed by atoms with Crippen molar-refractivity contribution in [2.75, 3.05) is 19.6 Å². The molecule has 6 nitrogen and oxygen atoms in total. The normalized spacial score (nSPS) is 20.5. The summed E-state index contributed by atoms with van der Waals surface area (Å²) in [4.78, 5) is 40.5. The number of carbonyl (C=O) groups is 3. The number of hydrogen-bond donors (Lipinski definition) is 1. The number of nitrogens with zero attached hydrogens (tertiary/aromatic N) is 2. The van der Waals surface area contributed by atoms with Gasteiger partial charge in [-0.2, -0.15) is 0 Å². The zero-order chi connectivity index (χ0) is 19.7. The zero-order valence-corrected chi connectivity index (χ0v) is 15.7. The van der Waals surface area contributed by atoms with Gasteiger partial charge in [-0.1, -0.05) is 36.4 Å². The average molecular weight is 380 g/mol. The number of benzene rings is 2. The first-order valence-electron chi connectivity index (χ1n) is 9.86. The van der Waals surface area contributed by atoms with Gasteiger partial charge in [-0.25, -0.2) is 4.79 Å². The largest absolute Gasteiger partial charge is 0.480 e. The second kappa shape index (κ2) is 7.62. The fraction of sp³-hybridized carbons (Fsp3) is 0.409. The summed E-state index contributed by atoms with van der Waals surface area (Å²) in [5, 5.41) is 11.3. The van der Waals surface area contributed by atoms with Crippen LogP contribution in [0.15, 0.2) is 42.5 Å². The Morgan fingerprint density at radius 1 is 0.893 bits per heavy atom. The lowest BCUT2D eigenvalue weighted by Crippen LogP contribution is -2.47. The van der Waals surface area contributed by atoms with E-state index in [9.17, 15) is 19.5 Å². The Kier molecular flexibility index (Phi) is 5.03. The number of aliphatic carboxylic acids is 1. The molecule has 0 unspecified atom stereocenters. The monoisotopic (exact) mass is 380 g/mol. The van der Waals surface area contributed by atoms with E-state index < -0.39 is 12.0 Å². The standard InChI is InChI=1S/C22H24N2O4/c25-20(24-12-4-9-19(24)22(27)28)16-10-13-23(14-11-16)21(26)18-8-3-6-15-5-1-2-7-17(15)18/h1-3,5-8,16,19H,4,9-14H2,(H,27,28)/t19-/m0/s1. The Morgan fingerprint density at radius 3 is 2.36 bits per heavy atom. The van der Waals surface area contributed by atoms with Crippen molar-refractivity contribution in [1.29, 1.82) is 0 Å². The molecule has 2 heterocycles. The molecule has 1 atom stereocenters. The number of carboxylic acids is 1. The van der Waals surface area contributed by atoms with Gasteiger partial charge in [-0.3, -0.25) is 9.59 Å². The molecule has 6 heteroatoms. The van der Waals surface area contributed by atoms with Crippen LogP contribution in [0.2, 0.25) is 0 Å². The Hall–Kier alpha value is -2.89. The van der Waals surface area contributed by atoms with Crippen molar-refractivity contribution in [1.82, 2.24) is 9.80 Å². The molecule has 1 N–H and O–H groups in total. The van der Waals surface area contributed by atoms with E-state index in [0.29, 0.717) is 44.5 Å². The molecule has 2 aromatic carbocycles. The maximum absolute atomic E-state index is 13.0. The smallest absolute Gasteiger partial charge is 0.326 e. The summed E-state index contributed by atoms with van der Waals surface area (Å²) in [6, 6.07) is 12.9. The highest BCUT2D eigenvalue weighted by atomic mass is 16.4. The third-order valence-corrected chi connectivity index (χ3v) is 5.97. The molecule has 2 aromatic rings. The van der Waals surface area contributed by atoms with Crippen molar-refractivity contribution in [2.24, 2.45) is 5.92 Å². The van der Waals surface area contributed by atoms with E-state index in [2.05, 4.69) is 0 Å². The second-order valence-corrected chi connectivity index (χ2v) is 7.62. The van der Waals surface area contributed by atoms with Gasteiger partial charge in [0, 0.05) is 31.1 Å². The number of hydrogen-bond acceptors (Lipinski definition) is 3. The van der Waals surface area contributed by atoms with Crippen LogP contribution in [0.25, 0.3) is 10.8 Å². The van der Waals surface area contributed by atoms with Gasteiger partial charge in [0.1, 0.15) is 6.04 Å². The number of rotatable bonds is 3. The second-order valence-electron chi connectivity index (χ2n) is 7.62. The minimum absolute atomic E-state index is 0.00714. The fourth-order valence-electron chi connectivity index (χ4n) is 4.43. The van der Waals surface area contributed by atoms with E-state index in [1.54, 1.807) is 0 Å². The van der Waals surface area contributed by atoms with Crippen molar-refractivity contribution in [3.63, 3.8) is 0 Å². The van der Waals surface area contributed by atoms with Gasteiger partial charge in [0.05, 0.1) is 0 Å². The van der Waals surface area contributed by atoms with Gasteiger partial charge in [-0.05, 0) is 42.5 Å². The molecule has 4 rings (SSSR count). The SMILES string of the molecule is O=C(O)[C@@H]1CCCN1C(=O)C1CCN(C(=O)c2cccc3ccccc23)CC1. The van der Waals surface area contributed by atoms with Crippen LogP contribution in [0.5, 0.6) is 0 Å². The summed E-state index contributed by atoms with van der Waals surface area (Å²) in [6.07, 6.45) is 2.43. The summed E-state index contributed by atoms with van der Waals surface area (Å²) in [6.45, 7) is 1.55. The van der Waals surface area contributed by atoms with Crippen LogP contribution < -0.4 is 0 Å². The quantitative estimate of drug-likeness (QED) is 0.888. The Balaban J connectivity index is 1.43. The van der Waals surface area contributed by atoms with Gasteiger partial charge < -0.3 is 14.9 Å². The molecule has 2 fully saturated rings. The molecular weight excluding hydrogens is 356 g/mol. The van der Waals surface area contributed by atoms with E-state index in [-0.39, 0.29) is 17.7 Å². The molecule has 28 heavy (non-hydrogen) atoms. The summed E-state index contributed by atoms with van der Waals surface area (Å²) in [7, 11) is 0. The number of fused-ring (bicyclic) bond motifs is 1. The number of piperidine rings is 1. The van der Waals surface area contributed by atoms with Crippen molar-refractivity contribution in [3.8, 4) is 0 Å². The molecule has 0 saturated carbocycles. The molecule has 0 radical (unpaired) electrons. The Morgan fingerprint density at radius 2 is 1.61 bits per heavy atom. The number of amides is 2. The predicted octanol–water partition coefficient (Wildman–Crippen LogP) is 2.77. The predicted molar refractivity (Wildman–Crippen MR) is 105 cm³/mol. The summed E-state index contributed by atoms with van der Waals surface area (Å²) < 4.78 is 0. The number of carboxylic acid groups (broad SMARTS) is 1. The first-order chi connectivity index (χ1) is 13.6. The third-order valence-electron chi connectivity index (χ3n) is 5.97. The summed E-state index contributed by atoms with van der Waals surface area (Å²) >= 11 is 0. The van der Waals surface area contributed by atoms with Crippen molar-refractivity contribution < 1.29 is 19.5 Å². The van der Waals surface area contributed by atoms with E-state index in [4.69, 9.17) is 0 Å². The summed E-state index contributed by atoms with van der Waals surface area (Å²) in [5.74, 6) is -1.19. The molecule has 2 aliphatic heterocycles. The van der Waals surface area contributed by atoms with E-state index in [0.717, 1.165) is 17.2 Å². The minimum atomic E-state index is -0.922. The van der Waals surface area contributed by atoms with Gasteiger partial charge in [0.2, 0.25) is 5.91 Å². The number of likely N-dealkylation sites (tertiary alicyclic amines) is 2. The number of carbonyl (C=O) groups excluding carboxylic acids is 2. The molecule has 0 aromatic heterocycles. The summed E-state index contributed by atoms with van der Waals surface area (Å²) in [5.41, 5.74) is 0.688. The third kappa shape index (κ3) is 3.35. The minimum Gasteiger partial charge on any atom is -0.480 e. The van der Waals surface area contributed by atoms with Crippen LogP contribution in [-0.4, -0.2) is 58.4 Å². The van der Waals surface area contributed by atoms with Crippen LogP contribution >= 0.6 is 0 Å². The van der Waals surface area contributed by atoms with Crippen molar-refractivity contribution in [3.05, 3.63) is 48.0 Å².